The molecule has 2 aromatic rings. The van der Waals surface area contributed by atoms with Crippen molar-refractivity contribution in [3.05, 3.63) is 64.6 Å². The number of thioether (sulfide) groups is 1. The van der Waals surface area contributed by atoms with Crippen LogP contribution in [0, 0.1) is 0 Å². The van der Waals surface area contributed by atoms with Crippen LogP contribution in [0.15, 0.2) is 64.0 Å². The molecule has 0 amide bonds. The van der Waals surface area contributed by atoms with Gasteiger partial charge in [0.25, 0.3) is 0 Å². The fraction of sp³-hybridized carbons (Fsp3) is 0.125. The molecule has 0 saturated heterocycles. The number of carbonyl (C=O) groups excluding carboxylic acids is 1. The monoisotopic (exact) mass is 364 g/mol. The summed E-state index contributed by atoms with van der Waals surface area (Å²) < 4.78 is 0.802. The van der Waals surface area contributed by atoms with Crippen molar-refractivity contribution >= 4 is 39.4 Å². The van der Waals surface area contributed by atoms with Gasteiger partial charge < -0.3 is 5.11 Å². The first kappa shape index (κ1) is 15.8. The van der Waals surface area contributed by atoms with Crippen LogP contribution in [0.1, 0.15) is 16.8 Å². The van der Waals surface area contributed by atoms with Crippen LogP contribution in [0.25, 0.3) is 0 Å². The van der Waals surface area contributed by atoms with Gasteiger partial charge >= 0.3 is 5.97 Å². The van der Waals surface area contributed by atoms with Crippen molar-refractivity contribution < 1.29 is 14.7 Å². The van der Waals surface area contributed by atoms with Gasteiger partial charge in [-0.3, -0.25) is 9.59 Å². The van der Waals surface area contributed by atoms with Gasteiger partial charge in [0, 0.05) is 21.4 Å². The molecule has 0 spiro atoms. The second-order valence-corrected chi connectivity index (χ2v) is 6.59. The van der Waals surface area contributed by atoms with Crippen molar-refractivity contribution in [1.82, 2.24) is 0 Å². The number of carboxylic acids is 1. The molecule has 3 nitrogen and oxygen atoms in total. The van der Waals surface area contributed by atoms with Crippen LogP contribution in [0.2, 0.25) is 0 Å². The molecule has 0 aromatic heterocycles. The summed E-state index contributed by atoms with van der Waals surface area (Å²) in [6, 6.07) is 16.2. The molecule has 21 heavy (non-hydrogen) atoms. The maximum absolute atomic E-state index is 12.2. The van der Waals surface area contributed by atoms with Crippen LogP contribution in [-0.2, 0) is 4.79 Å². The lowest BCUT2D eigenvalue weighted by molar-refractivity contribution is -0.136. The molecule has 0 aliphatic rings. The van der Waals surface area contributed by atoms with E-state index in [1.807, 2.05) is 36.4 Å². The number of ketones is 1. The normalized spacial score (nSPS) is 11.9. The van der Waals surface area contributed by atoms with E-state index in [4.69, 9.17) is 0 Å². The molecule has 1 unspecified atom stereocenters. The maximum Gasteiger partial charge on any atom is 0.317 e. The Kier molecular flexibility index (Phi) is 5.59. The Hall–Kier alpha value is -1.59. The summed E-state index contributed by atoms with van der Waals surface area (Å²) in [4.78, 5) is 24.4. The topological polar surface area (TPSA) is 54.4 Å². The van der Waals surface area contributed by atoms with E-state index < -0.39 is 11.2 Å². The summed E-state index contributed by atoms with van der Waals surface area (Å²) in [5.74, 6) is -1.15. The molecule has 0 saturated carbocycles. The summed E-state index contributed by atoms with van der Waals surface area (Å²) in [7, 11) is 0. The van der Waals surface area contributed by atoms with Crippen LogP contribution in [-0.4, -0.2) is 22.1 Å². The minimum Gasteiger partial charge on any atom is -0.480 e. The number of aliphatic carboxylic acids is 1. The van der Waals surface area contributed by atoms with Crippen LogP contribution >= 0.6 is 27.7 Å². The van der Waals surface area contributed by atoms with E-state index in [1.54, 1.807) is 18.2 Å². The molecule has 1 N–H and O–H groups in total. The second kappa shape index (κ2) is 7.43. The van der Waals surface area contributed by atoms with E-state index >= 15 is 0 Å². The number of hydrogen-bond donors (Lipinski definition) is 1. The molecule has 0 aliphatic carbocycles. The lowest BCUT2D eigenvalue weighted by Crippen LogP contribution is -2.20. The Morgan fingerprint density at radius 3 is 2.43 bits per heavy atom. The summed E-state index contributed by atoms with van der Waals surface area (Å²) in [6.07, 6.45) is -0.0364. The van der Waals surface area contributed by atoms with E-state index in [0.29, 0.717) is 5.56 Å². The third-order valence-electron chi connectivity index (χ3n) is 2.81. The van der Waals surface area contributed by atoms with E-state index in [2.05, 4.69) is 15.9 Å². The van der Waals surface area contributed by atoms with Gasteiger partial charge in [-0.05, 0) is 24.3 Å². The SMILES string of the molecule is O=C(CC(Sc1ccccc1)C(=O)O)c1cccc(Br)c1. The summed E-state index contributed by atoms with van der Waals surface area (Å²) >= 11 is 4.50. The average Bonchev–Trinajstić information content (AvgIpc) is 2.47. The summed E-state index contributed by atoms with van der Waals surface area (Å²) in [5.41, 5.74) is 0.518. The molecule has 1 atom stereocenters. The first-order valence-corrected chi connectivity index (χ1v) is 7.97. The highest BCUT2D eigenvalue weighted by Crippen LogP contribution is 2.27. The van der Waals surface area contributed by atoms with Gasteiger partial charge in [0.1, 0.15) is 5.25 Å². The van der Waals surface area contributed by atoms with E-state index in [9.17, 15) is 14.7 Å². The Balaban J connectivity index is 2.10. The second-order valence-electron chi connectivity index (χ2n) is 4.40. The molecule has 5 heteroatoms. The van der Waals surface area contributed by atoms with Crippen LogP contribution in [0.3, 0.4) is 0 Å². The van der Waals surface area contributed by atoms with Gasteiger partial charge in [-0.2, -0.15) is 0 Å². The number of benzene rings is 2. The van der Waals surface area contributed by atoms with E-state index in [-0.39, 0.29) is 12.2 Å². The largest absolute Gasteiger partial charge is 0.480 e. The molecule has 0 heterocycles. The smallest absolute Gasteiger partial charge is 0.317 e. The van der Waals surface area contributed by atoms with E-state index in [1.165, 1.54) is 11.8 Å². The predicted octanol–water partition coefficient (Wildman–Crippen LogP) is 4.27. The van der Waals surface area contributed by atoms with Crippen molar-refractivity contribution in [1.29, 1.82) is 0 Å². The number of rotatable bonds is 6. The Morgan fingerprint density at radius 2 is 1.81 bits per heavy atom. The maximum atomic E-state index is 12.2. The van der Waals surface area contributed by atoms with Gasteiger partial charge in [-0.1, -0.05) is 46.3 Å². The van der Waals surface area contributed by atoms with Crippen LogP contribution in [0.5, 0.6) is 0 Å². The third-order valence-corrected chi connectivity index (χ3v) is 4.50. The van der Waals surface area contributed by atoms with Gasteiger partial charge in [-0.15, -0.1) is 11.8 Å². The lowest BCUT2D eigenvalue weighted by Gasteiger charge is -2.11. The Morgan fingerprint density at radius 1 is 1.10 bits per heavy atom. The molecule has 2 aromatic carbocycles. The number of carboxylic acid groups (broad SMARTS) is 1. The Labute approximate surface area is 135 Å². The number of carbonyl (C=O) groups is 2. The first-order valence-electron chi connectivity index (χ1n) is 6.29. The highest BCUT2D eigenvalue weighted by molar-refractivity contribution is 9.10. The average molecular weight is 365 g/mol. The van der Waals surface area contributed by atoms with Crippen molar-refractivity contribution in [3.8, 4) is 0 Å². The highest BCUT2D eigenvalue weighted by atomic mass is 79.9. The standard InChI is InChI=1S/C16H13BrO3S/c17-12-6-4-5-11(9-12)14(18)10-15(16(19)20)21-13-7-2-1-3-8-13/h1-9,15H,10H2,(H,19,20). The van der Waals surface area contributed by atoms with Crippen molar-refractivity contribution in [2.45, 2.75) is 16.6 Å². The summed E-state index contributed by atoms with van der Waals surface area (Å²) in [5, 5.41) is 8.51. The zero-order chi connectivity index (χ0) is 15.2. The lowest BCUT2D eigenvalue weighted by atomic mass is 10.1. The first-order chi connectivity index (χ1) is 10.1. The molecular weight excluding hydrogens is 352 g/mol. The minimum absolute atomic E-state index is 0.0364. The molecule has 108 valence electrons. The van der Waals surface area contributed by atoms with Gasteiger partial charge in [0.05, 0.1) is 0 Å². The van der Waals surface area contributed by atoms with Crippen LogP contribution < -0.4 is 0 Å². The fourth-order valence-corrected chi connectivity index (χ4v) is 3.17. The number of Topliss-reactive ketones (excluding diaryl/α,β-unsaturated/α-hetero) is 1. The third kappa shape index (κ3) is 4.72. The molecule has 0 aliphatic heterocycles. The zero-order valence-electron chi connectivity index (χ0n) is 11.0. The van der Waals surface area contributed by atoms with Gasteiger partial charge in [-0.25, -0.2) is 0 Å². The fourth-order valence-electron chi connectivity index (χ4n) is 1.79. The van der Waals surface area contributed by atoms with Gasteiger partial charge in [0.15, 0.2) is 5.78 Å². The van der Waals surface area contributed by atoms with Crippen LogP contribution in [0.4, 0.5) is 0 Å². The highest BCUT2D eigenvalue weighted by Gasteiger charge is 2.23. The number of halogens is 1. The molecule has 0 bridgehead atoms. The predicted molar refractivity (Wildman–Crippen MR) is 86.8 cm³/mol. The summed E-state index contributed by atoms with van der Waals surface area (Å²) in [6.45, 7) is 0. The van der Waals surface area contributed by atoms with E-state index in [0.717, 1.165) is 9.37 Å². The van der Waals surface area contributed by atoms with Crippen molar-refractivity contribution in [2.75, 3.05) is 0 Å². The molecule has 2 rings (SSSR count). The van der Waals surface area contributed by atoms with Gasteiger partial charge in [0.2, 0.25) is 0 Å². The van der Waals surface area contributed by atoms with Crippen molar-refractivity contribution in [3.63, 3.8) is 0 Å². The Bertz CT molecular complexity index is 643. The van der Waals surface area contributed by atoms with Crippen molar-refractivity contribution in [2.24, 2.45) is 0 Å². The quantitative estimate of drug-likeness (QED) is 0.614. The molecule has 0 fully saturated rings. The number of hydrogen-bond acceptors (Lipinski definition) is 3. The molecular formula is C16H13BrO3S. The zero-order valence-corrected chi connectivity index (χ0v) is 13.4. The minimum atomic E-state index is -0.979. The molecule has 0 radical (unpaired) electrons.